The average Bonchev–Trinajstić information content (AvgIpc) is 3.42. The van der Waals surface area contributed by atoms with Crippen molar-refractivity contribution in [1.29, 1.82) is 0 Å². The molecular weight excluding hydrogens is 422 g/mol. The molecule has 0 aliphatic rings. The van der Waals surface area contributed by atoms with E-state index in [4.69, 9.17) is 4.74 Å². The average molecular weight is 442 g/mol. The number of aromatic nitrogens is 2. The zero-order valence-corrected chi connectivity index (χ0v) is 18.6. The first-order chi connectivity index (χ1) is 14.0. The lowest BCUT2D eigenvalue weighted by atomic mass is 10.2. The fraction of sp³-hybridized carbons (Fsp3) is 0.190. The smallest absolute Gasteiger partial charge is 0.232 e. The Morgan fingerprint density at radius 2 is 1.90 bits per heavy atom. The van der Waals surface area contributed by atoms with Gasteiger partial charge < -0.3 is 10.1 Å². The van der Waals surface area contributed by atoms with Gasteiger partial charge in [0.05, 0.1) is 24.9 Å². The molecule has 4 rings (SSSR count). The summed E-state index contributed by atoms with van der Waals surface area (Å²) in [7, 11) is 1.64. The summed E-state index contributed by atoms with van der Waals surface area (Å²) in [5, 5.41) is 8.29. The molecule has 148 valence electrons. The lowest BCUT2D eigenvalue weighted by Crippen LogP contribution is -2.14. The van der Waals surface area contributed by atoms with Gasteiger partial charge in [0.25, 0.3) is 0 Å². The summed E-state index contributed by atoms with van der Waals surface area (Å²) in [6.07, 6.45) is 0.220. The van der Waals surface area contributed by atoms with Gasteiger partial charge in [0.15, 0.2) is 5.13 Å². The van der Waals surface area contributed by atoms with Crippen LogP contribution in [0.2, 0.25) is 0 Å². The second kappa shape index (κ2) is 8.44. The van der Waals surface area contributed by atoms with Gasteiger partial charge in [-0.05, 0) is 44.2 Å². The predicted octanol–water partition coefficient (Wildman–Crippen LogP) is 5.80. The maximum atomic E-state index is 12.4. The van der Waals surface area contributed by atoms with Crippen molar-refractivity contribution in [1.82, 2.24) is 9.97 Å². The molecule has 0 saturated heterocycles. The third kappa shape index (κ3) is 4.55. The van der Waals surface area contributed by atoms with Crippen LogP contribution in [-0.2, 0) is 11.2 Å². The van der Waals surface area contributed by atoms with Crippen LogP contribution in [0.5, 0.6) is 5.75 Å². The van der Waals surface area contributed by atoms with Crippen LogP contribution >= 0.6 is 34.0 Å². The van der Waals surface area contributed by atoms with Gasteiger partial charge in [-0.1, -0.05) is 0 Å². The van der Waals surface area contributed by atoms with Crippen LogP contribution < -0.4 is 10.1 Å². The topological polar surface area (TPSA) is 64.1 Å². The number of carbonyl (C=O) groups excluding carboxylic acids is 1. The summed E-state index contributed by atoms with van der Waals surface area (Å²) in [6, 6.07) is 9.87. The Morgan fingerprint density at radius 1 is 1.10 bits per heavy atom. The fourth-order valence-corrected chi connectivity index (χ4v) is 5.41. The highest BCUT2D eigenvalue weighted by Gasteiger charge is 2.13. The van der Waals surface area contributed by atoms with Crippen molar-refractivity contribution in [2.24, 2.45) is 0 Å². The molecule has 0 bridgehead atoms. The van der Waals surface area contributed by atoms with E-state index in [2.05, 4.69) is 35.2 Å². The van der Waals surface area contributed by atoms with E-state index < -0.39 is 0 Å². The molecule has 3 heterocycles. The van der Waals surface area contributed by atoms with Gasteiger partial charge in [-0.2, -0.15) is 0 Å². The first kappa shape index (κ1) is 19.8. The summed E-state index contributed by atoms with van der Waals surface area (Å²) in [4.78, 5) is 24.1. The molecular formula is C21H19N3O2S3. The number of anilines is 1. The van der Waals surface area contributed by atoms with Gasteiger partial charge in [-0.3, -0.25) is 4.79 Å². The maximum Gasteiger partial charge on any atom is 0.232 e. The third-order valence-electron chi connectivity index (χ3n) is 4.30. The number of nitrogens with zero attached hydrogens (tertiary/aromatic N) is 2. The molecule has 4 aromatic rings. The minimum absolute atomic E-state index is 0.115. The Hall–Kier alpha value is -2.55. The van der Waals surface area contributed by atoms with E-state index >= 15 is 0 Å². The lowest BCUT2D eigenvalue weighted by Gasteiger charge is -2.01. The molecule has 1 N–H and O–H groups in total. The molecule has 0 saturated carbocycles. The minimum atomic E-state index is -0.115. The van der Waals surface area contributed by atoms with Gasteiger partial charge in [-0.25, -0.2) is 9.97 Å². The van der Waals surface area contributed by atoms with Crippen LogP contribution in [-0.4, -0.2) is 23.0 Å². The molecule has 8 heteroatoms. The number of thiazole rings is 2. The van der Waals surface area contributed by atoms with E-state index in [1.807, 2.05) is 35.0 Å². The number of amides is 1. The Balaban J connectivity index is 1.40. The molecule has 1 aromatic carbocycles. The van der Waals surface area contributed by atoms with E-state index in [1.54, 1.807) is 18.4 Å². The molecule has 0 fully saturated rings. The number of benzene rings is 1. The number of hydrogen-bond donors (Lipinski definition) is 1. The number of aryl methyl sites for hydroxylation is 2. The van der Waals surface area contributed by atoms with Gasteiger partial charge in [-0.15, -0.1) is 34.0 Å². The number of nitrogens with one attached hydrogen (secondary N) is 1. The molecule has 0 aliphatic carbocycles. The van der Waals surface area contributed by atoms with Crippen molar-refractivity contribution in [2.45, 2.75) is 20.3 Å². The fourth-order valence-electron chi connectivity index (χ4n) is 2.92. The molecule has 0 aliphatic heterocycles. The van der Waals surface area contributed by atoms with Crippen molar-refractivity contribution >= 4 is 45.0 Å². The van der Waals surface area contributed by atoms with Crippen LogP contribution in [0, 0.1) is 13.8 Å². The molecule has 0 atom stereocenters. The van der Waals surface area contributed by atoms with Crippen molar-refractivity contribution in [3.8, 4) is 27.6 Å². The van der Waals surface area contributed by atoms with Crippen LogP contribution in [0.15, 0.2) is 41.1 Å². The predicted molar refractivity (Wildman–Crippen MR) is 121 cm³/mol. The Bertz CT molecular complexity index is 1140. The molecule has 5 nitrogen and oxygen atoms in total. The van der Waals surface area contributed by atoms with Crippen molar-refractivity contribution < 1.29 is 9.53 Å². The van der Waals surface area contributed by atoms with Crippen LogP contribution in [0.3, 0.4) is 0 Å². The highest BCUT2D eigenvalue weighted by Crippen LogP contribution is 2.32. The largest absolute Gasteiger partial charge is 0.497 e. The van der Waals surface area contributed by atoms with Crippen LogP contribution in [0.1, 0.15) is 15.4 Å². The van der Waals surface area contributed by atoms with Gasteiger partial charge in [0.2, 0.25) is 5.91 Å². The SMILES string of the molecule is COc1ccc(-c2nc(CC(=O)Nc3nc(-c4cc(C)sc4C)cs3)cs2)cc1. The van der Waals surface area contributed by atoms with Crippen LogP contribution in [0.4, 0.5) is 5.13 Å². The summed E-state index contributed by atoms with van der Waals surface area (Å²) >= 11 is 4.72. The van der Waals surface area contributed by atoms with Gasteiger partial charge >= 0.3 is 0 Å². The summed E-state index contributed by atoms with van der Waals surface area (Å²) in [6.45, 7) is 4.18. The van der Waals surface area contributed by atoms with E-state index in [-0.39, 0.29) is 12.3 Å². The van der Waals surface area contributed by atoms with Crippen molar-refractivity contribution in [3.05, 3.63) is 56.5 Å². The molecule has 1 amide bonds. The maximum absolute atomic E-state index is 12.4. The second-order valence-electron chi connectivity index (χ2n) is 6.46. The van der Waals surface area contributed by atoms with E-state index in [0.29, 0.717) is 5.13 Å². The van der Waals surface area contributed by atoms with Crippen molar-refractivity contribution in [3.63, 3.8) is 0 Å². The summed E-state index contributed by atoms with van der Waals surface area (Å²) < 4.78 is 5.18. The summed E-state index contributed by atoms with van der Waals surface area (Å²) in [5.41, 5.74) is 3.79. The first-order valence-electron chi connectivity index (χ1n) is 8.93. The Kier molecular flexibility index (Phi) is 5.75. The van der Waals surface area contributed by atoms with E-state index in [0.717, 1.165) is 33.3 Å². The number of rotatable bonds is 6. The van der Waals surface area contributed by atoms with Crippen molar-refractivity contribution in [2.75, 3.05) is 12.4 Å². The van der Waals surface area contributed by atoms with Gasteiger partial charge in [0.1, 0.15) is 10.8 Å². The number of ether oxygens (including phenoxy) is 1. The van der Waals surface area contributed by atoms with E-state index in [9.17, 15) is 4.79 Å². The number of thiophene rings is 1. The highest BCUT2D eigenvalue weighted by molar-refractivity contribution is 7.14. The molecule has 0 radical (unpaired) electrons. The van der Waals surface area contributed by atoms with Gasteiger partial charge in [0, 0.05) is 31.6 Å². The lowest BCUT2D eigenvalue weighted by molar-refractivity contribution is -0.115. The number of methoxy groups -OCH3 is 1. The number of carbonyl (C=O) groups is 1. The third-order valence-corrected chi connectivity index (χ3v) is 6.96. The Labute approximate surface area is 181 Å². The minimum Gasteiger partial charge on any atom is -0.497 e. The number of hydrogen-bond acceptors (Lipinski definition) is 7. The zero-order chi connectivity index (χ0) is 20.4. The molecule has 3 aromatic heterocycles. The molecule has 29 heavy (non-hydrogen) atoms. The van der Waals surface area contributed by atoms with Crippen LogP contribution in [0.25, 0.3) is 21.8 Å². The normalized spacial score (nSPS) is 10.9. The highest BCUT2D eigenvalue weighted by atomic mass is 32.1. The first-order valence-corrected chi connectivity index (χ1v) is 11.5. The standard InChI is InChI=1S/C21H19N3O2S3/c1-12-8-17(13(2)29-12)18-11-28-21(23-18)24-19(25)9-15-10-27-20(22-15)14-4-6-16(26-3)7-5-14/h4-8,10-11H,9H2,1-3H3,(H,23,24,25). The zero-order valence-electron chi connectivity index (χ0n) is 16.2. The van der Waals surface area contributed by atoms with E-state index in [1.165, 1.54) is 32.4 Å². The second-order valence-corrected chi connectivity index (χ2v) is 9.64. The monoisotopic (exact) mass is 441 g/mol. The molecule has 0 spiro atoms. The molecule has 0 unspecified atom stereocenters. The summed E-state index contributed by atoms with van der Waals surface area (Å²) in [5.74, 6) is 0.691. The Morgan fingerprint density at radius 3 is 2.59 bits per heavy atom. The quantitative estimate of drug-likeness (QED) is 0.411.